The summed E-state index contributed by atoms with van der Waals surface area (Å²) in [6.45, 7) is 11.8. The maximum Gasteiger partial charge on any atom is 0.0497 e. The second-order valence-electron chi connectivity index (χ2n) is 5.74. The topological polar surface area (TPSA) is 21.3 Å². The van der Waals surface area contributed by atoms with Crippen LogP contribution in [0.15, 0.2) is 0 Å². The van der Waals surface area contributed by atoms with Gasteiger partial charge >= 0.3 is 0 Å². The maximum absolute atomic E-state index is 5.55. The van der Waals surface area contributed by atoms with E-state index in [0.717, 1.165) is 31.6 Å². The highest BCUT2D eigenvalue weighted by Crippen LogP contribution is 2.31. The van der Waals surface area contributed by atoms with Gasteiger partial charge in [0.05, 0.1) is 0 Å². The number of hydrogen-bond acceptors (Lipinski definition) is 2. The average molecular weight is 213 g/mol. The molecule has 0 bridgehead atoms. The molecule has 2 heteroatoms. The fraction of sp³-hybridized carbons (Fsp3) is 1.00. The highest BCUT2D eigenvalue weighted by molar-refractivity contribution is 4.81. The van der Waals surface area contributed by atoms with Crippen LogP contribution in [0.3, 0.4) is 0 Å². The molecule has 15 heavy (non-hydrogen) atoms. The summed E-state index contributed by atoms with van der Waals surface area (Å²) in [6, 6.07) is 0. The zero-order chi connectivity index (χ0) is 11.3. The third-order valence-electron chi connectivity index (χ3n) is 3.25. The first-order chi connectivity index (χ1) is 7.03. The van der Waals surface area contributed by atoms with E-state index in [9.17, 15) is 0 Å². The third-order valence-corrected chi connectivity index (χ3v) is 3.25. The van der Waals surface area contributed by atoms with Crippen LogP contribution in [-0.2, 0) is 4.74 Å². The smallest absolute Gasteiger partial charge is 0.0497 e. The lowest BCUT2D eigenvalue weighted by molar-refractivity contribution is 0.0938. The fourth-order valence-electron chi connectivity index (χ4n) is 2.31. The van der Waals surface area contributed by atoms with E-state index in [0.29, 0.717) is 0 Å². The molecule has 2 unspecified atom stereocenters. The van der Waals surface area contributed by atoms with Gasteiger partial charge in [-0.05, 0) is 58.9 Å². The van der Waals surface area contributed by atoms with Gasteiger partial charge in [0.25, 0.3) is 0 Å². The monoisotopic (exact) mass is 213 g/mol. The largest absolute Gasteiger partial charge is 0.381 e. The van der Waals surface area contributed by atoms with Gasteiger partial charge in [0.15, 0.2) is 0 Å². The highest BCUT2D eigenvalue weighted by atomic mass is 16.5. The maximum atomic E-state index is 5.55. The van der Waals surface area contributed by atoms with E-state index in [-0.39, 0.29) is 5.54 Å². The Labute approximate surface area is 94.8 Å². The summed E-state index contributed by atoms with van der Waals surface area (Å²) >= 11 is 0. The quantitative estimate of drug-likeness (QED) is 0.758. The first-order valence-electron chi connectivity index (χ1n) is 6.35. The molecule has 0 amide bonds. The van der Waals surface area contributed by atoms with E-state index in [1.54, 1.807) is 0 Å². The molecular formula is C13H27NO. The second-order valence-corrected chi connectivity index (χ2v) is 5.74. The molecule has 2 atom stereocenters. The molecule has 0 aromatic rings. The summed E-state index contributed by atoms with van der Waals surface area (Å²) < 4.78 is 5.55. The van der Waals surface area contributed by atoms with E-state index < -0.39 is 0 Å². The molecule has 1 aliphatic carbocycles. The molecule has 1 aliphatic rings. The standard InChI is InChI=1S/C13H27NO/c1-5-15-10-12-8-6-7-11(12)9-14-13(2,3)4/h11-12,14H,5-10H2,1-4H3. The first-order valence-corrected chi connectivity index (χ1v) is 6.35. The summed E-state index contributed by atoms with van der Waals surface area (Å²) in [6.07, 6.45) is 4.12. The van der Waals surface area contributed by atoms with Crippen molar-refractivity contribution in [2.24, 2.45) is 11.8 Å². The SMILES string of the molecule is CCOCC1CCCC1CNC(C)(C)C. The Kier molecular flexibility index (Phi) is 5.07. The third kappa shape index (κ3) is 4.98. The van der Waals surface area contributed by atoms with Crippen molar-refractivity contribution >= 4 is 0 Å². The normalized spacial score (nSPS) is 27.2. The second kappa shape index (κ2) is 5.86. The molecule has 0 aliphatic heterocycles. The van der Waals surface area contributed by atoms with Gasteiger partial charge in [-0.15, -0.1) is 0 Å². The van der Waals surface area contributed by atoms with E-state index >= 15 is 0 Å². The molecule has 2 nitrogen and oxygen atoms in total. The lowest BCUT2D eigenvalue weighted by atomic mass is 9.95. The van der Waals surface area contributed by atoms with Crippen LogP contribution < -0.4 is 5.32 Å². The number of ether oxygens (including phenoxy) is 1. The van der Waals surface area contributed by atoms with Crippen molar-refractivity contribution in [3.8, 4) is 0 Å². The van der Waals surface area contributed by atoms with Crippen LogP contribution in [0, 0.1) is 11.8 Å². The number of hydrogen-bond donors (Lipinski definition) is 1. The Balaban J connectivity index is 2.27. The van der Waals surface area contributed by atoms with E-state index in [1.807, 2.05) is 0 Å². The van der Waals surface area contributed by atoms with E-state index in [4.69, 9.17) is 4.74 Å². The van der Waals surface area contributed by atoms with Crippen molar-refractivity contribution in [1.82, 2.24) is 5.32 Å². The van der Waals surface area contributed by atoms with Crippen molar-refractivity contribution in [1.29, 1.82) is 0 Å². The van der Waals surface area contributed by atoms with Gasteiger partial charge < -0.3 is 10.1 Å². The molecule has 1 N–H and O–H groups in total. The van der Waals surface area contributed by atoms with Crippen LogP contribution in [0.5, 0.6) is 0 Å². The summed E-state index contributed by atoms with van der Waals surface area (Å²) in [5.41, 5.74) is 0.249. The Morgan fingerprint density at radius 2 is 1.87 bits per heavy atom. The Morgan fingerprint density at radius 3 is 2.47 bits per heavy atom. The Hall–Kier alpha value is -0.0800. The van der Waals surface area contributed by atoms with Crippen molar-refractivity contribution in [3.05, 3.63) is 0 Å². The van der Waals surface area contributed by atoms with Crippen LogP contribution in [0.4, 0.5) is 0 Å². The molecule has 0 aromatic carbocycles. The minimum Gasteiger partial charge on any atom is -0.381 e. The molecule has 1 fully saturated rings. The van der Waals surface area contributed by atoms with Gasteiger partial charge in [0.2, 0.25) is 0 Å². The fourth-order valence-corrected chi connectivity index (χ4v) is 2.31. The van der Waals surface area contributed by atoms with Gasteiger partial charge in [-0.3, -0.25) is 0 Å². The van der Waals surface area contributed by atoms with E-state index in [2.05, 4.69) is 33.0 Å². The summed E-state index contributed by atoms with van der Waals surface area (Å²) in [4.78, 5) is 0. The summed E-state index contributed by atoms with van der Waals surface area (Å²) in [5, 5.41) is 3.61. The van der Waals surface area contributed by atoms with Crippen LogP contribution in [0.1, 0.15) is 47.0 Å². The van der Waals surface area contributed by atoms with Crippen molar-refractivity contribution in [2.45, 2.75) is 52.5 Å². The first kappa shape index (κ1) is 13.0. The van der Waals surface area contributed by atoms with Crippen molar-refractivity contribution in [3.63, 3.8) is 0 Å². The molecule has 1 rings (SSSR count). The highest BCUT2D eigenvalue weighted by Gasteiger charge is 2.27. The average Bonchev–Trinajstić information content (AvgIpc) is 2.57. The number of rotatable bonds is 5. The zero-order valence-electron chi connectivity index (χ0n) is 10.8. The lowest BCUT2D eigenvalue weighted by Gasteiger charge is -2.26. The van der Waals surface area contributed by atoms with E-state index in [1.165, 1.54) is 19.3 Å². The van der Waals surface area contributed by atoms with Gasteiger partial charge in [0, 0.05) is 18.8 Å². The minimum atomic E-state index is 0.249. The van der Waals surface area contributed by atoms with Gasteiger partial charge in [-0.2, -0.15) is 0 Å². The van der Waals surface area contributed by atoms with Crippen LogP contribution >= 0.6 is 0 Å². The molecule has 0 spiro atoms. The summed E-state index contributed by atoms with van der Waals surface area (Å²) in [7, 11) is 0. The van der Waals surface area contributed by atoms with Gasteiger partial charge in [0.1, 0.15) is 0 Å². The minimum absolute atomic E-state index is 0.249. The number of nitrogens with one attached hydrogen (secondary N) is 1. The van der Waals surface area contributed by atoms with Gasteiger partial charge in [-0.25, -0.2) is 0 Å². The molecule has 1 saturated carbocycles. The zero-order valence-corrected chi connectivity index (χ0v) is 10.8. The lowest BCUT2D eigenvalue weighted by Crippen LogP contribution is -2.40. The predicted molar refractivity (Wildman–Crippen MR) is 65.1 cm³/mol. The predicted octanol–water partition coefficient (Wildman–Crippen LogP) is 2.83. The summed E-state index contributed by atoms with van der Waals surface area (Å²) in [5.74, 6) is 1.62. The molecule has 0 heterocycles. The van der Waals surface area contributed by atoms with Crippen LogP contribution in [0.25, 0.3) is 0 Å². The van der Waals surface area contributed by atoms with Crippen molar-refractivity contribution in [2.75, 3.05) is 19.8 Å². The van der Waals surface area contributed by atoms with Crippen molar-refractivity contribution < 1.29 is 4.74 Å². The van der Waals surface area contributed by atoms with Crippen LogP contribution in [-0.4, -0.2) is 25.3 Å². The molecule has 0 saturated heterocycles. The molecule has 0 radical (unpaired) electrons. The Morgan fingerprint density at radius 1 is 1.20 bits per heavy atom. The van der Waals surface area contributed by atoms with Crippen LogP contribution in [0.2, 0.25) is 0 Å². The van der Waals surface area contributed by atoms with Gasteiger partial charge in [-0.1, -0.05) is 6.42 Å². The Bertz CT molecular complexity index is 174. The molecule has 90 valence electrons. The molecule has 0 aromatic heterocycles. The molecular weight excluding hydrogens is 186 g/mol.